The fourth-order valence-electron chi connectivity index (χ4n) is 2.33. The third-order valence-corrected chi connectivity index (χ3v) is 3.45. The van der Waals surface area contributed by atoms with E-state index >= 15 is 0 Å². The molecule has 0 spiro atoms. The Kier molecular flexibility index (Phi) is 3.80. The highest BCUT2D eigenvalue weighted by Crippen LogP contribution is 2.40. The van der Waals surface area contributed by atoms with Crippen LogP contribution >= 0.6 is 0 Å². The zero-order valence-electron chi connectivity index (χ0n) is 10.9. The summed E-state index contributed by atoms with van der Waals surface area (Å²) < 4.78 is 32.9. The van der Waals surface area contributed by atoms with Gasteiger partial charge in [-0.25, -0.2) is 13.8 Å². The molecular formula is C13H16F2N2O2. The Balaban J connectivity index is 2.37. The van der Waals surface area contributed by atoms with E-state index in [-0.39, 0.29) is 24.4 Å². The number of aldehydes is 1. The lowest BCUT2D eigenvalue weighted by molar-refractivity contribution is -0.0713. The zero-order valence-corrected chi connectivity index (χ0v) is 10.9. The van der Waals surface area contributed by atoms with Crippen LogP contribution in [-0.4, -0.2) is 49.3 Å². The second kappa shape index (κ2) is 5.21. The van der Waals surface area contributed by atoms with Gasteiger partial charge in [0.15, 0.2) is 6.29 Å². The molecule has 2 rings (SSSR count). The van der Waals surface area contributed by atoms with Gasteiger partial charge in [-0.2, -0.15) is 0 Å². The van der Waals surface area contributed by atoms with Crippen LogP contribution in [0.25, 0.3) is 0 Å². The third-order valence-electron chi connectivity index (χ3n) is 3.45. The summed E-state index contributed by atoms with van der Waals surface area (Å²) in [6.07, 6.45) is 1.75. The lowest BCUT2D eigenvalue weighted by Gasteiger charge is -2.36. The number of hydrogen-bond acceptors (Lipinski definition) is 4. The van der Waals surface area contributed by atoms with E-state index in [0.29, 0.717) is 18.4 Å². The standard InChI is InChI=1S/C13H16F2N2O2/c1-17-4-3-13(14,15)11(7-17)9-5-10(8-18)12(19-2)16-6-9/h5-6,8,11H,3-4,7H2,1-2H3. The van der Waals surface area contributed by atoms with E-state index in [1.165, 1.54) is 19.4 Å². The molecule has 1 fully saturated rings. The van der Waals surface area contributed by atoms with Crippen molar-refractivity contribution in [1.29, 1.82) is 0 Å². The molecule has 1 aliphatic rings. The number of hydrogen-bond donors (Lipinski definition) is 0. The number of ether oxygens (including phenoxy) is 1. The van der Waals surface area contributed by atoms with Crippen LogP contribution < -0.4 is 4.74 Å². The van der Waals surface area contributed by atoms with Gasteiger partial charge < -0.3 is 9.64 Å². The normalized spacial score (nSPS) is 23.1. The van der Waals surface area contributed by atoms with E-state index in [2.05, 4.69) is 4.98 Å². The van der Waals surface area contributed by atoms with Gasteiger partial charge >= 0.3 is 0 Å². The fourth-order valence-corrected chi connectivity index (χ4v) is 2.33. The number of carbonyl (C=O) groups excluding carboxylic acids is 1. The number of piperidine rings is 1. The average molecular weight is 270 g/mol. The van der Waals surface area contributed by atoms with Crippen LogP contribution in [0.1, 0.15) is 28.3 Å². The summed E-state index contributed by atoms with van der Waals surface area (Å²) in [7, 11) is 3.19. The first kappa shape index (κ1) is 13.9. The summed E-state index contributed by atoms with van der Waals surface area (Å²) in [6, 6.07) is 1.44. The number of likely N-dealkylation sites (tertiary alicyclic amines) is 1. The minimum atomic E-state index is -2.77. The number of pyridine rings is 1. The second-order valence-electron chi connectivity index (χ2n) is 4.81. The molecular weight excluding hydrogens is 254 g/mol. The number of carbonyl (C=O) groups is 1. The highest BCUT2D eigenvalue weighted by Gasteiger charge is 2.44. The molecule has 2 heterocycles. The van der Waals surface area contributed by atoms with E-state index in [1.807, 2.05) is 4.90 Å². The fraction of sp³-hybridized carbons (Fsp3) is 0.538. The van der Waals surface area contributed by atoms with Crippen molar-refractivity contribution < 1.29 is 18.3 Å². The Morgan fingerprint density at radius 3 is 2.95 bits per heavy atom. The molecule has 1 unspecified atom stereocenters. The number of nitrogens with zero attached hydrogens (tertiary/aromatic N) is 2. The molecule has 0 N–H and O–H groups in total. The number of rotatable bonds is 3. The monoisotopic (exact) mass is 270 g/mol. The number of methoxy groups -OCH3 is 1. The Labute approximate surface area is 110 Å². The summed E-state index contributed by atoms with van der Waals surface area (Å²) in [5.41, 5.74) is 0.573. The molecule has 0 aliphatic carbocycles. The molecule has 1 aromatic rings. The Morgan fingerprint density at radius 2 is 2.32 bits per heavy atom. The van der Waals surface area contributed by atoms with Crippen LogP contribution in [0.3, 0.4) is 0 Å². The summed E-state index contributed by atoms with van der Waals surface area (Å²) in [6.45, 7) is 0.618. The van der Waals surface area contributed by atoms with Gasteiger partial charge in [0, 0.05) is 25.7 Å². The lowest BCUT2D eigenvalue weighted by atomic mass is 9.87. The van der Waals surface area contributed by atoms with E-state index in [4.69, 9.17) is 4.74 Å². The molecule has 0 amide bonds. The number of alkyl halides is 2. The number of aromatic nitrogens is 1. The minimum Gasteiger partial charge on any atom is -0.480 e. The average Bonchev–Trinajstić information content (AvgIpc) is 2.40. The SMILES string of the molecule is COc1ncc(C2CN(C)CCC2(F)F)cc1C=O. The first-order valence-electron chi connectivity index (χ1n) is 6.03. The van der Waals surface area contributed by atoms with Crippen LogP contribution in [0.15, 0.2) is 12.3 Å². The van der Waals surface area contributed by atoms with Gasteiger partial charge in [0.05, 0.1) is 18.6 Å². The van der Waals surface area contributed by atoms with Crippen molar-refractivity contribution in [3.63, 3.8) is 0 Å². The first-order valence-corrected chi connectivity index (χ1v) is 6.03. The molecule has 1 saturated heterocycles. The van der Waals surface area contributed by atoms with E-state index in [0.717, 1.165) is 0 Å². The topological polar surface area (TPSA) is 42.4 Å². The van der Waals surface area contributed by atoms with Gasteiger partial charge in [0.25, 0.3) is 5.92 Å². The van der Waals surface area contributed by atoms with Gasteiger partial charge in [0.1, 0.15) is 0 Å². The molecule has 1 aliphatic heterocycles. The van der Waals surface area contributed by atoms with Gasteiger partial charge in [-0.05, 0) is 18.7 Å². The Hall–Kier alpha value is -1.56. The molecule has 1 atom stereocenters. The maximum Gasteiger partial charge on any atom is 0.257 e. The quantitative estimate of drug-likeness (QED) is 0.787. The lowest BCUT2D eigenvalue weighted by Crippen LogP contribution is -2.43. The van der Waals surface area contributed by atoms with E-state index in [1.54, 1.807) is 7.05 Å². The minimum absolute atomic E-state index is 0.159. The van der Waals surface area contributed by atoms with Crippen LogP contribution in [0.5, 0.6) is 5.88 Å². The van der Waals surface area contributed by atoms with Crippen LogP contribution in [0.4, 0.5) is 8.78 Å². The van der Waals surface area contributed by atoms with Crippen molar-refractivity contribution in [1.82, 2.24) is 9.88 Å². The van der Waals surface area contributed by atoms with Crippen molar-refractivity contribution in [3.8, 4) is 5.88 Å². The van der Waals surface area contributed by atoms with Crippen molar-refractivity contribution in [3.05, 3.63) is 23.4 Å². The van der Waals surface area contributed by atoms with Crippen molar-refractivity contribution in [2.45, 2.75) is 18.3 Å². The molecule has 0 bridgehead atoms. The van der Waals surface area contributed by atoms with Gasteiger partial charge in [-0.1, -0.05) is 0 Å². The number of halogens is 2. The van der Waals surface area contributed by atoms with Crippen LogP contribution in [0, 0.1) is 0 Å². The maximum atomic E-state index is 14.0. The molecule has 0 aromatic carbocycles. The van der Waals surface area contributed by atoms with E-state index in [9.17, 15) is 13.6 Å². The summed E-state index contributed by atoms with van der Waals surface area (Å²) in [5.74, 6) is -3.56. The van der Waals surface area contributed by atoms with Gasteiger partial charge in [-0.3, -0.25) is 4.79 Å². The maximum absolute atomic E-state index is 14.0. The highest BCUT2D eigenvalue weighted by atomic mass is 19.3. The highest BCUT2D eigenvalue weighted by molar-refractivity contribution is 5.78. The molecule has 1 aromatic heterocycles. The molecule has 104 valence electrons. The largest absolute Gasteiger partial charge is 0.480 e. The Bertz CT molecular complexity index is 480. The molecule has 19 heavy (non-hydrogen) atoms. The summed E-state index contributed by atoms with van der Waals surface area (Å²) >= 11 is 0. The van der Waals surface area contributed by atoms with Gasteiger partial charge in [-0.15, -0.1) is 0 Å². The summed E-state index contributed by atoms with van der Waals surface area (Å²) in [5, 5.41) is 0. The zero-order chi connectivity index (χ0) is 14.0. The first-order chi connectivity index (χ1) is 8.97. The molecule has 6 heteroatoms. The van der Waals surface area contributed by atoms with Crippen molar-refractivity contribution in [2.75, 3.05) is 27.2 Å². The summed E-state index contributed by atoms with van der Waals surface area (Å²) in [4.78, 5) is 16.7. The van der Waals surface area contributed by atoms with Crippen molar-refractivity contribution in [2.24, 2.45) is 0 Å². The smallest absolute Gasteiger partial charge is 0.257 e. The predicted molar refractivity (Wildman–Crippen MR) is 66.0 cm³/mol. The Morgan fingerprint density at radius 1 is 1.58 bits per heavy atom. The predicted octanol–water partition coefficient (Wildman–Crippen LogP) is 1.96. The third kappa shape index (κ3) is 2.73. The van der Waals surface area contributed by atoms with Crippen LogP contribution in [-0.2, 0) is 0 Å². The van der Waals surface area contributed by atoms with E-state index < -0.39 is 11.8 Å². The second-order valence-corrected chi connectivity index (χ2v) is 4.81. The number of likely N-dealkylation sites (N-methyl/N-ethyl adjacent to an activating group) is 1. The molecule has 0 radical (unpaired) electrons. The molecule has 4 nitrogen and oxygen atoms in total. The molecule has 0 saturated carbocycles. The van der Waals surface area contributed by atoms with Gasteiger partial charge in [0.2, 0.25) is 5.88 Å². The van der Waals surface area contributed by atoms with Crippen molar-refractivity contribution >= 4 is 6.29 Å². The van der Waals surface area contributed by atoms with Crippen LogP contribution in [0.2, 0.25) is 0 Å².